The molecule has 0 aliphatic carbocycles. The van der Waals surface area contributed by atoms with E-state index in [1.165, 1.54) is 18.7 Å². The number of ether oxygens (including phenoxy) is 1. The van der Waals surface area contributed by atoms with E-state index < -0.39 is 17.7 Å². The Hall–Kier alpha value is -3.45. The molecule has 0 bridgehead atoms. The first-order chi connectivity index (χ1) is 15.4. The van der Waals surface area contributed by atoms with Gasteiger partial charge in [0.1, 0.15) is 18.3 Å². The Kier molecular flexibility index (Phi) is 8.16. The molecule has 0 heterocycles. The van der Waals surface area contributed by atoms with Gasteiger partial charge < -0.3 is 10.1 Å². The van der Waals surface area contributed by atoms with E-state index in [0.717, 1.165) is 21.3 Å². The fraction of sp³-hybridized carbons (Fsp3) is 0.160. The molecular formula is C25H24BrN3O3. The predicted octanol–water partition coefficient (Wildman–Crippen LogP) is 5.06. The van der Waals surface area contributed by atoms with Crippen molar-refractivity contribution in [1.82, 2.24) is 5.43 Å². The van der Waals surface area contributed by atoms with Crippen LogP contribution in [-0.4, -0.2) is 18.0 Å². The first-order valence-electron chi connectivity index (χ1n) is 10.1. The van der Waals surface area contributed by atoms with Crippen LogP contribution < -0.4 is 15.5 Å². The Bertz CT molecular complexity index is 1100. The molecule has 6 nitrogen and oxygen atoms in total. The van der Waals surface area contributed by atoms with Crippen LogP contribution in [-0.2, 0) is 16.2 Å². The molecule has 0 saturated heterocycles. The summed E-state index contributed by atoms with van der Waals surface area (Å²) in [6.07, 6.45) is 1.51. The Labute approximate surface area is 195 Å². The molecule has 2 N–H and O–H groups in total. The Morgan fingerprint density at radius 3 is 2.38 bits per heavy atom. The molecular weight excluding hydrogens is 470 g/mol. The number of halogens is 1. The van der Waals surface area contributed by atoms with Crippen molar-refractivity contribution in [3.8, 4) is 5.75 Å². The first-order valence-corrected chi connectivity index (χ1v) is 10.9. The highest BCUT2D eigenvalue weighted by atomic mass is 79.9. The van der Waals surface area contributed by atoms with E-state index in [4.69, 9.17) is 4.74 Å². The molecule has 2 amide bonds. The SMILES string of the molecule is Cc1ccc(COc2ccc(C=NNC(=O)C(C)C(=O)Nc3ccccc3Br)cc2)cc1. The minimum Gasteiger partial charge on any atom is -0.489 e. The van der Waals surface area contributed by atoms with Crippen LogP contribution in [0, 0.1) is 12.8 Å². The van der Waals surface area contributed by atoms with Gasteiger partial charge in [0, 0.05) is 4.47 Å². The lowest BCUT2D eigenvalue weighted by Gasteiger charge is -2.11. The summed E-state index contributed by atoms with van der Waals surface area (Å²) in [7, 11) is 0. The van der Waals surface area contributed by atoms with E-state index in [2.05, 4.69) is 43.9 Å². The van der Waals surface area contributed by atoms with Crippen molar-refractivity contribution < 1.29 is 14.3 Å². The summed E-state index contributed by atoms with van der Waals surface area (Å²) in [6.45, 7) is 4.06. The van der Waals surface area contributed by atoms with Gasteiger partial charge in [-0.1, -0.05) is 42.0 Å². The molecule has 0 aromatic heterocycles. The minimum atomic E-state index is -0.906. The Balaban J connectivity index is 1.47. The van der Waals surface area contributed by atoms with Crippen LogP contribution in [0.2, 0.25) is 0 Å². The van der Waals surface area contributed by atoms with Gasteiger partial charge in [-0.3, -0.25) is 9.59 Å². The second-order valence-electron chi connectivity index (χ2n) is 7.27. The maximum atomic E-state index is 12.3. The van der Waals surface area contributed by atoms with E-state index in [0.29, 0.717) is 12.3 Å². The molecule has 3 aromatic carbocycles. The summed E-state index contributed by atoms with van der Waals surface area (Å²) in [5.74, 6) is -1.08. The summed E-state index contributed by atoms with van der Waals surface area (Å²) in [4.78, 5) is 24.5. The summed E-state index contributed by atoms with van der Waals surface area (Å²) >= 11 is 3.36. The summed E-state index contributed by atoms with van der Waals surface area (Å²) < 4.78 is 6.52. The predicted molar refractivity (Wildman–Crippen MR) is 130 cm³/mol. The number of anilines is 1. The van der Waals surface area contributed by atoms with Gasteiger partial charge in [0.2, 0.25) is 5.91 Å². The monoisotopic (exact) mass is 493 g/mol. The fourth-order valence-corrected chi connectivity index (χ4v) is 3.07. The molecule has 1 unspecified atom stereocenters. The molecule has 3 aromatic rings. The van der Waals surface area contributed by atoms with Crippen LogP contribution in [0.25, 0.3) is 0 Å². The van der Waals surface area contributed by atoms with Crippen molar-refractivity contribution in [2.24, 2.45) is 11.0 Å². The van der Waals surface area contributed by atoms with Crippen LogP contribution in [0.4, 0.5) is 5.69 Å². The van der Waals surface area contributed by atoms with E-state index >= 15 is 0 Å². The number of carbonyl (C=O) groups is 2. The van der Waals surface area contributed by atoms with Gasteiger partial charge in [0.15, 0.2) is 0 Å². The smallest absolute Gasteiger partial charge is 0.252 e. The van der Waals surface area contributed by atoms with E-state index in [1.807, 2.05) is 55.5 Å². The molecule has 0 fully saturated rings. The third-order valence-electron chi connectivity index (χ3n) is 4.71. The van der Waals surface area contributed by atoms with Crippen LogP contribution in [0.1, 0.15) is 23.6 Å². The number of hydrogen-bond donors (Lipinski definition) is 2. The van der Waals surface area contributed by atoms with E-state index in [9.17, 15) is 9.59 Å². The molecule has 0 aliphatic rings. The van der Waals surface area contributed by atoms with Gasteiger partial charge in [0.25, 0.3) is 5.91 Å². The molecule has 0 radical (unpaired) electrons. The van der Waals surface area contributed by atoms with Gasteiger partial charge in [-0.05, 0) is 77.3 Å². The molecule has 3 rings (SSSR count). The fourth-order valence-electron chi connectivity index (χ4n) is 2.69. The third kappa shape index (κ3) is 6.78. The molecule has 7 heteroatoms. The summed E-state index contributed by atoms with van der Waals surface area (Å²) in [5, 5.41) is 6.67. The minimum absolute atomic E-state index is 0.417. The quantitative estimate of drug-likeness (QED) is 0.261. The average Bonchev–Trinajstić information content (AvgIpc) is 2.80. The van der Waals surface area contributed by atoms with Crippen molar-refractivity contribution in [2.75, 3.05) is 5.32 Å². The van der Waals surface area contributed by atoms with E-state index in [1.54, 1.807) is 12.1 Å². The van der Waals surface area contributed by atoms with Crippen LogP contribution >= 0.6 is 15.9 Å². The van der Waals surface area contributed by atoms with Gasteiger partial charge in [-0.25, -0.2) is 5.43 Å². The topological polar surface area (TPSA) is 79.8 Å². The van der Waals surface area contributed by atoms with Crippen molar-refractivity contribution >= 4 is 39.6 Å². The molecule has 1 atom stereocenters. The lowest BCUT2D eigenvalue weighted by Crippen LogP contribution is -2.34. The summed E-state index contributed by atoms with van der Waals surface area (Å²) in [5.41, 5.74) is 6.11. The standard InChI is InChI=1S/C25H24BrN3O3/c1-17-7-9-20(10-8-17)16-32-21-13-11-19(12-14-21)15-27-29-25(31)18(2)24(30)28-23-6-4-3-5-22(23)26/h3-15,18H,16H2,1-2H3,(H,28,30)(H,29,31). The Morgan fingerprint density at radius 1 is 1.00 bits per heavy atom. The maximum absolute atomic E-state index is 12.3. The first kappa shape index (κ1) is 23.2. The Morgan fingerprint density at radius 2 is 1.69 bits per heavy atom. The van der Waals surface area contributed by atoms with Gasteiger partial charge in [0.05, 0.1) is 11.9 Å². The number of carbonyl (C=O) groups excluding carboxylic acids is 2. The van der Waals surface area contributed by atoms with Gasteiger partial charge in [-0.2, -0.15) is 5.10 Å². The highest BCUT2D eigenvalue weighted by molar-refractivity contribution is 9.10. The lowest BCUT2D eigenvalue weighted by atomic mass is 10.1. The molecule has 0 saturated carbocycles. The van der Waals surface area contributed by atoms with E-state index in [-0.39, 0.29) is 0 Å². The average molecular weight is 494 g/mol. The molecule has 32 heavy (non-hydrogen) atoms. The van der Waals surface area contributed by atoms with Crippen molar-refractivity contribution in [3.63, 3.8) is 0 Å². The highest BCUT2D eigenvalue weighted by Crippen LogP contribution is 2.21. The largest absolute Gasteiger partial charge is 0.489 e. The number of para-hydroxylation sites is 1. The summed E-state index contributed by atoms with van der Waals surface area (Å²) in [6, 6.07) is 22.7. The lowest BCUT2D eigenvalue weighted by molar-refractivity contribution is -0.131. The number of amides is 2. The van der Waals surface area contributed by atoms with Crippen LogP contribution in [0.3, 0.4) is 0 Å². The zero-order valence-electron chi connectivity index (χ0n) is 17.8. The normalized spacial score (nSPS) is 11.7. The van der Waals surface area contributed by atoms with Crippen LogP contribution in [0.15, 0.2) is 82.4 Å². The number of hydrazone groups is 1. The van der Waals surface area contributed by atoms with Crippen molar-refractivity contribution in [3.05, 3.63) is 94.0 Å². The zero-order chi connectivity index (χ0) is 22.9. The number of aryl methyl sites for hydroxylation is 1. The number of nitrogens with zero attached hydrogens (tertiary/aromatic N) is 1. The number of nitrogens with one attached hydrogen (secondary N) is 2. The molecule has 0 aliphatic heterocycles. The van der Waals surface area contributed by atoms with Crippen LogP contribution in [0.5, 0.6) is 5.75 Å². The second-order valence-corrected chi connectivity index (χ2v) is 8.12. The van der Waals surface area contributed by atoms with Gasteiger partial charge in [-0.15, -0.1) is 0 Å². The van der Waals surface area contributed by atoms with Gasteiger partial charge >= 0.3 is 0 Å². The third-order valence-corrected chi connectivity index (χ3v) is 5.40. The highest BCUT2D eigenvalue weighted by Gasteiger charge is 2.21. The number of benzene rings is 3. The second kappa shape index (κ2) is 11.2. The molecule has 0 spiro atoms. The number of hydrogen-bond acceptors (Lipinski definition) is 4. The number of rotatable bonds is 8. The molecule has 164 valence electrons. The maximum Gasteiger partial charge on any atom is 0.252 e. The van der Waals surface area contributed by atoms with Crippen molar-refractivity contribution in [2.45, 2.75) is 20.5 Å². The van der Waals surface area contributed by atoms with Crippen molar-refractivity contribution in [1.29, 1.82) is 0 Å². The zero-order valence-corrected chi connectivity index (χ0v) is 19.4.